The highest BCUT2D eigenvalue weighted by Gasteiger charge is 2.33. The summed E-state index contributed by atoms with van der Waals surface area (Å²) in [5.74, 6) is 0. The van der Waals surface area contributed by atoms with Crippen molar-refractivity contribution in [3.63, 3.8) is 0 Å². The topological polar surface area (TPSA) is 38.5 Å². The first kappa shape index (κ1) is 12.9. The van der Waals surface area contributed by atoms with E-state index < -0.39 is 0 Å². The van der Waals surface area contributed by atoms with Crippen molar-refractivity contribution in [1.29, 1.82) is 0 Å². The molecule has 3 rings (SSSR count). The minimum atomic E-state index is 0.463. The zero-order valence-corrected chi connectivity index (χ0v) is 11.8. The predicted octanol–water partition coefficient (Wildman–Crippen LogP) is 2.72. The molecule has 2 atom stereocenters. The van der Waals surface area contributed by atoms with Gasteiger partial charge in [0.05, 0.1) is 12.7 Å². The van der Waals surface area contributed by atoms with Gasteiger partial charge in [0.2, 0.25) is 0 Å². The lowest BCUT2D eigenvalue weighted by Crippen LogP contribution is -2.52. The van der Waals surface area contributed by atoms with E-state index >= 15 is 0 Å². The monoisotopic (exact) mass is 260 g/mol. The van der Waals surface area contributed by atoms with Crippen LogP contribution in [0.15, 0.2) is 18.2 Å². The fraction of sp³-hybridized carbons (Fsp3) is 0.625. The second-order valence-electron chi connectivity index (χ2n) is 5.92. The number of hydrogen-bond donors (Lipinski definition) is 1. The van der Waals surface area contributed by atoms with Crippen LogP contribution in [0.3, 0.4) is 0 Å². The number of nitrogen functional groups attached to an aromatic ring is 1. The van der Waals surface area contributed by atoms with E-state index in [1.54, 1.807) is 0 Å². The third-order valence-corrected chi connectivity index (χ3v) is 4.58. The van der Waals surface area contributed by atoms with Gasteiger partial charge in [0.1, 0.15) is 0 Å². The van der Waals surface area contributed by atoms with Gasteiger partial charge >= 0.3 is 0 Å². The Morgan fingerprint density at radius 1 is 1.32 bits per heavy atom. The smallest absolute Gasteiger partial charge is 0.0731 e. The molecule has 2 aliphatic rings. The molecule has 104 valence electrons. The minimum Gasteiger partial charge on any atom is -0.399 e. The molecule has 1 saturated heterocycles. The first-order chi connectivity index (χ1) is 9.24. The third kappa shape index (κ3) is 2.77. The van der Waals surface area contributed by atoms with Gasteiger partial charge in [-0.05, 0) is 37.0 Å². The average Bonchev–Trinajstić information content (AvgIpc) is 2.43. The number of nitrogens with zero attached hydrogens (tertiary/aromatic N) is 1. The van der Waals surface area contributed by atoms with Crippen molar-refractivity contribution in [2.75, 3.05) is 18.9 Å². The van der Waals surface area contributed by atoms with Gasteiger partial charge < -0.3 is 10.5 Å². The van der Waals surface area contributed by atoms with E-state index in [1.165, 1.54) is 36.8 Å². The van der Waals surface area contributed by atoms with Gasteiger partial charge in [-0.25, -0.2) is 0 Å². The van der Waals surface area contributed by atoms with Gasteiger partial charge in [-0.1, -0.05) is 25.0 Å². The molecule has 1 aliphatic heterocycles. The molecule has 2 unspecified atom stereocenters. The number of rotatable bonds is 2. The summed E-state index contributed by atoms with van der Waals surface area (Å²) in [7, 11) is 0. The second-order valence-corrected chi connectivity index (χ2v) is 5.92. The van der Waals surface area contributed by atoms with Crippen molar-refractivity contribution in [3.8, 4) is 0 Å². The van der Waals surface area contributed by atoms with Crippen LogP contribution in [0.25, 0.3) is 0 Å². The van der Waals surface area contributed by atoms with Crippen LogP contribution in [0.2, 0.25) is 0 Å². The Labute approximate surface area is 115 Å². The van der Waals surface area contributed by atoms with Crippen LogP contribution in [0.4, 0.5) is 5.69 Å². The first-order valence-corrected chi connectivity index (χ1v) is 7.45. The molecule has 0 bridgehead atoms. The Morgan fingerprint density at radius 2 is 2.16 bits per heavy atom. The molecule has 1 aliphatic carbocycles. The summed E-state index contributed by atoms with van der Waals surface area (Å²) in [5.41, 5.74) is 9.42. The molecule has 3 nitrogen and oxygen atoms in total. The standard InChI is InChI=1S/C16H24N2O/c1-12-6-7-13(10-14(12)17)11-18-8-9-19-16-5-3-2-4-15(16)18/h6-7,10,15-16H,2-5,8-9,11,17H2,1H3. The highest BCUT2D eigenvalue weighted by molar-refractivity contribution is 5.48. The SMILES string of the molecule is Cc1ccc(CN2CCOC3CCCCC32)cc1N. The van der Waals surface area contributed by atoms with E-state index in [9.17, 15) is 0 Å². The Morgan fingerprint density at radius 3 is 3.00 bits per heavy atom. The Kier molecular flexibility index (Phi) is 3.76. The van der Waals surface area contributed by atoms with Crippen molar-refractivity contribution in [3.05, 3.63) is 29.3 Å². The van der Waals surface area contributed by atoms with Gasteiger partial charge in [-0.2, -0.15) is 0 Å². The molecule has 0 radical (unpaired) electrons. The molecule has 1 heterocycles. The Bertz CT molecular complexity index is 444. The number of nitrogens with two attached hydrogens (primary N) is 1. The molecule has 3 heteroatoms. The van der Waals surface area contributed by atoms with Crippen LogP contribution in [0, 0.1) is 6.92 Å². The normalized spacial score (nSPS) is 28.1. The van der Waals surface area contributed by atoms with Gasteiger partial charge in [-0.15, -0.1) is 0 Å². The fourth-order valence-electron chi connectivity index (χ4n) is 3.40. The van der Waals surface area contributed by atoms with E-state index in [0.717, 1.165) is 25.4 Å². The number of aryl methyl sites for hydroxylation is 1. The lowest BCUT2D eigenvalue weighted by Gasteiger charge is -2.43. The summed E-state index contributed by atoms with van der Waals surface area (Å²) in [4.78, 5) is 2.59. The first-order valence-electron chi connectivity index (χ1n) is 7.45. The zero-order valence-electron chi connectivity index (χ0n) is 11.8. The van der Waals surface area contributed by atoms with Crippen LogP contribution in [0.1, 0.15) is 36.8 Å². The third-order valence-electron chi connectivity index (χ3n) is 4.58. The highest BCUT2D eigenvalue weighted by Crippen LogP contribution is 2.29. The van der Waals surface area contributed by atoms with Gasteiger partial charge in [0.15, 0.2) is 0 Å². The summed E-state index contributed by atoms with van der Waals surface area (Å²) < 4.78 is 5.93. The van der Waals surface area contributed by atoms with Crippen molar-refractivity contribution >= 4 is 5.69 Å². The van der Waals surface area contributed by atoms with E-state index in [0.29, 0.717) is 12.1 Å². The van der Waals surface area contributed by atoms with Gasteiger partial charge in [-0.3, -0.25) is 4.90 Å². The van der Waals surface area contributed by atoms with Crippen molar-refractivity contribution in [2.24, 2.45) is 0 Å². The molecule has 1 aromatic rings. The number of hydrogen-bond acceptors (Lipinski definition) is 3. The minimum absolute atomic E-state index is 0.463. The largest absolute Gasteiger partial charge is 0.399 e. The lowest BCUT2D eigenvalue weighted by atomic mass is 9.90. The van der Waals surface area contributed by atoms with Crippen LogP contribution >= 0.6 is 0 Å². The fourth-order valence-corrected chi connectivity index (χ4v) is 3.40. The Balaban J connectivity index is 1.72. The van der Waals surface area contributed by atoms with E-state index in [2.05, 4.69) is 30.0 Å². The van der Waals surface area contributed by atoms with E-state index in [4.69, 9.17) is 10.5 Å². The highest BCUT2D eigenvalue weighted by atomic mass is 16.5. The van der Waals surface area contributed by atoms with E-state index in [1.807, 2.05) is 0 Å². The maximum absolute atomic E-state index is 6.01. The maximum Gasteiger partial charge on any atom is 0.0731 e. The van der Waals surface area contributed by atoms with Crippen LogP contribution in [-0.4, -0.2) is 30.2 Å². The number of anilines is 1. The van der Waals surface area contributed by atoms with E-state index in [-0.39, 0.29) is 0 Å². The van der Waals surface area contributed by atoms with Crippen LogP contribution in [-0.2, 0) is 11.3 Å². The molecule has 0 aromatic heterocycles. The summed E-state index contributed by atoms with van der Waals surface area (Å²) in [6.45, 7) is 5.00. The molecule has 2 N–H and O–H groups in total. The molecule has 19 heavy (non-hydrogen) atoms. The van der Waals surface area contributed by atoms with Gasteiger partial charge in [0.25, 0.3) is 0 Å². The lowest BCUT2D eigenvalue weighted by molar-refractivity contribution is -0.0911. The average molecular weight is 260 g/mol. The van der Waals surface area contributed by atoms with Crippen molar-refractivity contribution in [2.45, 2.75) is 51.3 Å². The summed E-state index contributed by atoms with van der Waals surface area (Å²) in [5, 5.41) is 0. The van der Waals surface area contributed by atoms with Crippen LogP contribution in [0.5, 0.6) is 0 Å². The summed E-state index contributed by atoms with van der Waals surface area (Å²) >= 11 is 0. The molecular formula is C16H24N2O. The number of morpholine rings is 1. The Hall–Kier alpha value is -1.06. The number of fused-ring (bicyclic) bond motifs is 1. The second kappa shape index (κ2) is 5.51. The van der Waals surface area contributed by atoms with Gasteiger partial charge in [0, 0.05) is 24.8 Å². The molecule has 0 spiro atoms. The van der Waals surface area contributed by atoms with Crippen molar-refractivity contribution in [1.82, 2.24) is 4.90 Å². The quantitative estimate of drug-likeness (QED) is 0.831. The van der Waals surface area contributed by atoms with Crippen LogP contribution < -0.4 is 5.73 Å². The molecule has 1 saturated carbocycles. The maximum atomic E-state index is 6.01. The predicted molar refractivity (Wildman–Crippen MR) is 78.0 cm³/mol. The molecule has 1 aromatic carbocycles. The molecular weight excluding hydrogens is 236 g/mol. The zero-order chi connectivity index (χ0) is 13.2. The summed E-state index contributed by atoms with van der Waals surface area (Å²) in [6.07, 6.45) is 5.65. The molecule has 2 fully saturated rings. The van der Waals surface area contributed by atoms with Crippen molar-refractivity contribution < 1.29 is 4.74 Å². The number of ether oxygens (including phenoxy) is 1. The molecule has 0 amide bonds. The number of benzene rings is 1. The summed E-state index contributed by atoms with van der Waals surface area (Å²) in [6, 6.07) is 7.08.